The Morgan fingerprint density at radius 1 is 0.811 bits per heavy atom. The van der Waals surface area contributed by atoms with Crippen molar-refractivity contribution in [3.63, 3.8) is 0 Å². The normalized spacial score (nSPS) is 18.2. The summed E-state index contributed by atoms with van der Waals surface area (Å²) in [5.41, 5.74) is 9.39. The molecule has 8 heteroatoms. The largest absolute Gasteiger partial charge is 0.382 e. The van der Waals surface area contributed by atoms with Crippen LogP contribution in [-0.2, 0) is 19.8 Å². The maximum absolute atomic E-state index is 6.92. The number of hydrogen-bond donors (Lipinski definition) is 1. The van der Waals surface area contributed by atoms with Gasteiger partial charge in [-0.3, -0.25) is 4.57 Å². The van der Waals surface area contributed by atoms with E-state index in [1.165, 1.54) is 6.33 Å². The lowest BCUT2D eigenvalue weighted by Gasteiger charge is -2.38. The lowest BCUT2D eigenvalue weighted by Crippen LogP contribution is -2.41. The van der Waals surface area contributed by atoms with Crippen molar-refractivity contribution in [1.82, 2.24) is 19.5 Å². The van der Waals surface area contributed by atoms with Crippen LogP contribution in [0.4, 0.5) is 5.82 Å². The van der Waals surface area contributed by atoms with Crippen LogP contribution in [0.25, 0.3) is 11.2 Å². The molecule has 1 saturated heterocycles. The Kier molecular flexibility index (Phi) is 6.36. The fourth-order valence-electron chi connectivity index (χ4n) is 4.90. The van der Waals surface area contributed by atoms with Crippen LogP contribution in [0.5, 0.6) is 0 Å². The lowest BCUT2D eigenvalue weighted by atomic mass is 9.80. The van der Waals surface area contributed by atoms with Gasteiger partial charge < -0.3 is 19.9 Å². The number of aromatic nitrogens is 4. The van der Waals surface area contributed by atoms with Crippen LogP contribution in [0.2, 0.25) is 0 Å². The van der Waals surface area contributed by atoms with E-state index in [-0.39, 0.29) is 6.10 Å². The minimum absolute atomic E-state index is 0.304. The molecule has 5 aromatic rings. The second kappa shape index (κ2) is 10.1. The fourth-order valence-corrected chi connectivity index (χ4v) is 4.90. The highest BCUT2D eigenvalue weighted by Crippen LogP contribution is 2.41. The Hall–Kier alpha value is -4.11. The van der Waals surface area contributed by atoms with Gasteiger partial charge in [0.05, 0.1) is 26.1 Å². The highest BCUT2D eigenvalue weighted by Gasteiger charge is 2.39. The van der Waals surface area contributed by atoms with Crippen molar-refractivity contribution in [2.45, 2.75) is 17.9 Å². The van der Waals surface area contributed by atoms with Crippen molar-refractivity contribution in [2.24, 2.45) is 0 Å². The highest BCUT2D eigenvalue weighted by molar-refractivity contribution is 5.81. The van der Waals surface area contributed by atoms with Gasteiger partial charge >= 0.3 is 0 Å². The minimum Gasteiger partial charge on any atom is -0.382 e. The van der Waals surface area contributed by atoms with E-state index in [4.69, 9.17) is 19.9 Å². The maximum Gasteiger partial charge on any atom is 0.167 e. The highest BCUT2D eigenvalue weighted by atomic mass is 16.6. The molecule has 37 heavy (non-hydrogen) atoms. The molecule has 0 radical (unpaired) electrons. The van der Waals surface area contributed by atoms with E-state index in [9.17, 15) is 0 Å². The molecule has 186 valence electrons. The molecular formula is C29H27N5O3. The van der Waals surface area contributed by atoms with E-state index in [2.05, 4.69) is 51.4 Å². The molecule has 2 N–H and O–H groups in total. The average Bonchev–Trinajstić information content (AvgIpc) is 3.41. The van der Waals surface area contributed by atoms with E-state index < -0.39 is 11.8 Å². The number of fused-ring (bicyclic) bond motifs is 1. The molecule has 8 nitrogen and oxygen atoms in total. The second-order valence-electron chi connectivity index (χ2n) is 8.92. The van der Waals surface area contributed by atoms with Gasteiger partial charge in [-0.2, -0.15) is 0 Å². The molecule has 3 heterocycles. The first-order chi connectivity index (χ1) is 18.3. The minimum atomic E-state index is -0.830. The van der Waals surface area contributed by atoms with Gasteiger partial charge in [0, 0.05) is 0 Å². The number of hydrogen-bond acceptors (Lipinski definition) is 7. The summed E-state index contributed by atoms with van der Waals surface area (Å²) >= 11 is 0. The number of imidazole rings is 1. The van der Waals surface area contributed by atoms with Crippen molar-refractivity contribution in [3.8, 4) is 0 Å². The van der Waals surface area contributed by atoms with Gasteiger partial charge in [-0.05, 0) is 16.7 Å². The van der Waals surface area contributed by atoms with Gasteiger partial charge in [0.1, 0.15) is 23.5 Å². The fraction of sp³-hybridized carbons (Fsp3) is 0.207. The first-order valence-electron chi connectivity index (χ1n) is 12.2. The van der Waals surface area contributed by atoms with Crippen LogP contribution in [0, 0.1) is 0 Å². The van der Waals surface area contributed by atoms with E-state index in [1.807, 2.05) is 59.2 Å². The first kappa shape index (κ1) is 23.3. The van der Waals surface area contributed by atoms with Crippen LogP contribution >= 0.6 is 0 Å². The number of ether oxygens (including phenoxy) is 3. The monoisotopic (exact) mass is 493 g/mol. The first-order valence-corrected chi connectivity index (χ1v) is 12.2. The number of nitrogens with two attached hydrogens (primary N) is 1. The summed E-state index contributed by atoms with van der Waals surface area (Å²) in [4.78, 5) is 12.7. The Balaban J connectivity index is 1.33. The van der Waals surface area contributed by atoms with Crippen molar-refractivity contribution in [2.75, 3.05) is 25.6 Å². The van der Waals surface area contributed by atoms with Gasteiger partial charge in [-0.15, -0.1) is 0 Å². The third-order valence-corrected chi connectivity index (χ3v) is 6.64. The smallest absolute Gasteiger partial charge is 0.167 e. The molecule has 2 unspecified atom stereocenters. The molecule has 1 aliphatic rings. The van der Waals surface area contributed by atoms with Crippen LogP contribution in [-0.4, -0.2) is 45.4 Å². The average molecular weight is 494 g/mol. The molecule has 0 aliphatic carbocycles. The Labute approximate surface area is 214 Å². The van der Waals surface area contributed by atoms with Crippen LogP contribution < -0.4 is 5.73 Å². The summed E-state index contributed by atoms with van der Waals surface area (Å²) in [5.74, 6) is 0.332. The molecule has 1 aliphatic heterocycles. The van der Waals surface area contributed by atoms with Crippen LogP contribution in [0.3, 0.4) is 0 Å². The number of nitrogen functional groups attached to an aromatic ring is 1. The molecule has 0 saturated carbocycles. The van der Waals surface area contributed by atoms with Crippen molar-refractivity contribution in [1.29, 1.82) is 0 Å². The van der Waals surface area contributed by atoms with Crippen molar-refractivity contribution < 1.29 is 14.2 Å². The molecule has 2 aromatic heterocycles. The molecule has 6 rings (SSSR count). The number of benzene rings is 3. The van der Waals surface area contributed by atoms with Gasteiger partial charge in [0.25, 0.3) is 0 Å². The molecule has 1 fully saturated rings. The summed E-state index contributed by atoms with van der Waals surface area (Å²) in [6, 6.07) is 30.8. The van der Waals surface area contributed by atoms with Crippen LogP contribution in [0.1, 0.15) is 22.9 Å². The third-order valence-electron chi connectivity index (χ3n) is 6.64. The summed E-state index contributed by atoms with van der Waals surface area (Å²) < 4.78 is 21.2. The third kappa shape index (κ3) is 4.35. The van der Waals surface area contributed by atoms with Crippen LogP contribution in [0.15, 0.2) is 104 Å². The molecule has 3 aromatic carbocycles. The summed E-state index contributed by atoms with van der Waals surface area (Å²) in [5, 5.41) is 0. The summed E-state index contributed by atoms with van der Waals surface area (Å²) in [6.45, 7) is 1.08. The molecule has 0 spiro atoms. The number of nitrogens with zero attached hydrogens (tertiary/aromatic N) is 4. The number of rotatable bonds is 7. The summed E-state index contributed by atoms with van der Waals surface area (Å²) in [6.07, 6.45) is 2.36. The zero-order valence-electron chi connectivity index (χ0n) is 20.2. The zero-order valence-corrected chi connectivity index (χ0v) is 20.2. The molecule has 2 atom stereocenters. The molecule has 0 bridgehead atoms. The second-order valence-corrected chi connectivity index (χ2v) is 8.92. The SMILES string of the molecule is Nc1ncnc2c1ncn2C1COCC(COC(c2ccccc2)(c2ccccc2)c2ccccc2)O1. The molecular weight excluding hydrogens is 466 g/mol. The van der Waals surface area contributed by atoms with E-state index in [1.54, 1.807) is 6.33 Å². The van der Waals surface area contributed by atoms with E-state index in [0.29, 0.717) is 36.8 Å². The predicted molar refractivity (Wildman–Crippen MR) is 140 cm³/mol. The van der Waals surface area contributed by atoms with Gasteiger partial charge in [-0.1, -0.05) is 91.0 Å². The maximum atomic E-state index is 6.92. The van der Waals surface area contributed by atoms with Gasteiger partial charge in [0.2, 0.25) is 0 Å². The van der Waals surface area contributed by atoms with E-state index >= 15 is 0 Å². The Morgan fingerprint density at radius 3 is 2.00 bits per heavy atom. The van der Waals surface area contributed by atoms with Gasteiger partial charge in [-0.25, -0.2) is 15.0 Å². The topological polar surface area (TPSA) is 97.3 Å². The lowest BCUT2D eigenvalue weighted by molar-refractivity contribution is -0.192. The summed E-state index contributed by atoms with van der Waals surface area (Å²) in [7, 11) is 0. The Morgan fingerprint density at radius 2 is 1.41 bits per heavy atom. The van der Waals surface area contributed by atoms with Crippen molar-refractivity contribution >= 4 is 17.0 Å². The predicted octanol–water partition coefficient (Wildman–Crippen LogP) is 4.33. The Bertz CT molecular complexity index is 1360. The number of anilines is 1. The van der Waals surface area contributed by atoms with E-state index in [0.717, 1.165) is 16.7 Å². The van der Waals surface area contributed by atoms with Crippen molar-refractivity contribution in [3.05, 3.63) is 120 Å². The standard InChI is InChI=1S/C29H27N5O3/c30-27-26-28(32-19-31-27)34(20-33-26)25-18-35-16-24(37-25)17-36-29(21-10-4-1-5-11-21,22-12-6-2-7-13-22)23-14-8-3-9-15-23/h1-15,19-20,24-25H,16-18H2,(H2,30,31,32). The van der Waals surface area contributed by atoms with Gasteiger partial charge in [0.15, 0.2) is 17.7 Å². The zero-order chi connectivity index (χ0) is 25.1. The molecule has 0 amide bonds. The quantitative estimate of drug-likeness (QED) is 0.337.